The molecule has 1 aromatic rings. The fourth-order valence-electron chi connectivity index (χ4n) is 3.47. The molecule has 0 amide bonds. The van der Waals surface area contributed by atoms with E-state index in [1.54, 1.807) is 0 Å². The van der Waals surface area contributed by atoms with Crippen molar-refractivity contribution in [3.8, 4) is 5.75 Å². The number of carbonyl (C=O) groups is 1. The van der Waals surface area contributed by atoms with Crippen LogP contribution < -0.4 is 4.74 Å². The van der Waals surface area contributed by atoms with E-state index in [0.717, 1.165) is 68.7 Å². The Labute approximate surface area is 133 Å². The number of hydrogen-bond acceptors (Lipinski definition) is 3. The van der Waals surface area contributed by atoms with Gasteiger partial charge in [-0.15, -0.1) is 0 Å². The molecule has 3 rings (SSSR count). The lowest BCUT2D eigenvalue weighted by Gasteiger charge is -2.35. The standard InChI is InChI=1S/C19H27NO2/c1-3-10-20(11-4-2)15-12-17-16(19(21)14-8-9-14)6-5-7-18(17)22-13-15/h5-7,14-15H,3-4,8-13H2,1-2H3. The van der Waals surface area contributed by atoms with Crippen LogP contribution in [0.2, 0.25) is 0 Å². The number of nitrogens with zero attached hydrogens (tertiary/aromatic N) is 1. The van der Waals surface area contributed by atoms with E-state index < -0.39 is 0 Å². The third kappa shape index (κ3) is 3.19. The fraction of sp³-hybridized carbons (Fsp3) is 0.632. The zero-order valence-electron chi connectivity index (χ0n) is 13.8. The Hall–Kier alpha value is -1.35. The van der Waals surface area contributed by atoms with Crippen LogP contribution in [0.15, 0.2) is 18.2 Å². The van der Waals surface area contributed by atoms with Crippen LogP contribution in [0.4, 0.5) is 0 Å². The minimum absolute atomic E-state index is 0.272. The molecule has 2 aliphatic rings. The Morgan fingerprint density at radius 1 is 1.23 bits per heavy atom. The van der Waals surface area contributed by atoms with Crippen LogP contribution in [0.5, 0.6) is 5.75 Å². The minimum atomic E-state index is 0.272. The molecule has 1 atom stereocenters. The molecule has 1 heterocycles. The Morgan fingerprint density at radius 3 is 2.59 bits per heavy atom. The maximum Gasteiger partial charge on any atom is 0.166 e. The van der Waals surface area contributed by atoms with Crippen LogP contribution in [0.3, 0.4) is 0 Å². The summed E-state index contributed by atoms with van der Waals surface area (Å²) in [4.78, 5) is 15.1. The van der Waals surface area contributed by atoms with Gasteiger partial charge in [-0.25, -0.2) is 0 Å². The van der Waals surface area contributed by atoms with Gasteiger partial charge in [0.25, 0.3) is 0 Å². The highest BCUT2D eigenvalue weighted by Crippen LogP contribution is 2.37. The highest BCUT2D eigenvalue weighted by atomic mass is 16.5. The normalized spacial score (nSPS) is 20.6. The number of carbonyl (C=O) groups excluding carboxylic acids is 1. The summed E-state index contributed by atoms with van der Waals surface area (Å²) >= 11 is 0. The molecule has 1 unspecified atom stereocenters. The first kappa shape index (κ1) is 15.5. The Bertz CT molecular complexity index is 530. The van der Waals surface area contributed by atoms with Crippen molar-refractivity contribution in [3.63, 3.8) is 0 Å². The molecule has 0 aromatic heterocycles. The van der Waals surface area contributed by atoms with Crippen molar-refractivity contribution >= 4 is 5.78 Å². The van der Waals surface area contributed by atoms with E-state index in [0.29, 0.717) is 11.8 Å². The largest absolute Gasteiger partial charge is 0.492 e. The van der Waals surface area contributed by atoms with Crippen molar-refractivity contribution in [1.29, 1.82) is 0 Å². The topological polar surface area (TPSA) is 29.5 Å². The van der Waals surface area contributed by atoms with Crippen LogP contribution in [0.25, 0.3) is 0 Å². The summed E-state index contributed by atoms with van der Waals surface area (Å²) in [6.45, 7) is 7.41. The van der Waals surface area contributed by atoms with Gasteiger partial charge in [0, 0.05) is 23.1 Å². The van der Waals surface area contributed by atoms with E-state index in [4.69, 9.17) is 4.74 Å². The van der Waals surface area contributed by atoms with Crippen LogP contribution in [-0.2, 0) is 6.42 Å². The number of fused-ring (bicyclic) bond motifs is 1. The number of hydrogen-bond donors (Lipinski definition) is 0. The fourth-order valence-corrected chi connectivity index (χ4v) is 3.47. The van der Waals surface area contributed by atoms with Crippen molar-refractivity contribution in [2.75, 3.05) is 19.7 Å². The lowest BCUT2D eigenvalue weighted by Crippen LogP contribution is -2.44. The molecule has 1 saturated carbocycles. The summed E-state index contributed by atoms with van der Waals surface area (Å²) in [6, 6.07) is 6.37. The Morgan fingerprint density at radius 2 is 1.95 bits per heavy atom. The summed E-state index contributed by atoms with van der Waals surface area (Å²) in [6.07, 6.45) is 5.39. The van der Waals surface area contributed by atoms with E-state index in [9.17, 15) is 4.79 Å². The molecule has 1 fully saturated rings. The second-order valence-electron chi connectivity index (χ2n) is 6.63. The first-order chi connectivity index (χ1) is 10.7. The molecule has 0 radical (unpaired) electrons. The summed E-state index contributed by atoms with van der Waals surface area (Å²) in [5.74, 6) is 1.53. The van der Waals surface area contributed by atoms with Crippen molar-refractivity contribution in [2.24, 2.45) is 5.92 Å². The van der Waals surface area contributed by atoms with E-state index in [-0.39, 0.29) is 5.92 Å². The molecule has 0 N–H and O–H groups in total. The maximum atomic E-state index is 12.5. The van der Waals surface area contributed by atoms with Crippen LogP contribution >= 0.6 is 0 Å². The van der Waals surface area contributed by atoms with Gasteiger partial charge in [0.15, 0.2) is 5.78 Å². The second-order valence-corrected chi connectivity index (χ2v) is 6.63. The van der Waals surface area contributed by atoms with Crippen LogP contribution in [0.1, 0.15) is 55.5 Å². The number of ketones is 1. The number of ether oxygens (including phenoxy) is 1. The number of benzene rings is 1. The highest BCUT2D eigenvalue weighted by Gasteiger charge is 2.34. The molecule has 22 heavy (non-hydrogen) atoms. The van der Waals surface area contributed by atoms with Gasteiger partial charge in [-0.3, -0.25) is 9.69 Å². The van der Waals surface area contributed by atoms with Crippen LogP contribution in [-0.4, -0.2) is 36.4 Å². The van der Waals surface area contributed by atoms with E-state index in [2.05, 4.69) is 18.7 Å². The highest BCUT2D eigenvalue weighted by molar-refractivity contribution is 6.01. The van der Waals surface area contributed by atoms with Crippen molar-refractivity contribution in [2.45, 2.75) is 52.0 Å². The summed E-state index contributed by atoms with van der Waals surface area (Å²) in [5.41, 5.74) is 2.06. The zero-order valence-corrected chi connectivity index (χ0v) is 13.8. The summed E-state index contributed by atoms with van der Waals surface area (Å²) in [7, 11) is 0. The molecule has 1 aliphatic carbocycles. The predicted molar refractivity (Wildman–Crippen MR) is 88.6 cm³/mol. The van der Waals surface area contributed by atoms with Gasteiger partial charge >= 0.3 is 0 Å². The summed E-state index contributed by atoms with van der Waals surface area (Å²) < 4.78 is 6.01. The number of Topliss-reactive ketones (excluding diaryl/α,β-unsaturated/α-hetero) is 1. The smallest absolute Gasteiger partial charge is 0.166 e. The Kier molecular flexibility index (Phi) is 4.82. The zero-order chi connectivity index (χ0) is 15.5. The third-order valence-electron chi connectivity index (χ3n) is 4.76. The lowest BCUT2D eigenvalue weighted by molar-refractivity contribution is 0.0956. The van der Waals surface area contributed by atoms with E-state index in [1.807, 2.05) is 18.2 Å². The molecular weight excluding hydrogens is 274 g/mol. The minimum Gasteiger partial charge on any atom is -0.492 e. The van der Waals surface area contributed by atoms with Gasteiger partial charge in [0.2, 0.25) is 0 Å². The van der Waals surface area contributed by atoms with Crippen molar-refractivity contribution in [1.82, 2.24) is 4.90 Å². The van der Waals surface area contributed by atoms with Gasteiger partial charge in [-0.2, -0.15) is 0 Å². The van der Waals surface area contributed by atoms with Gasteiger partial charge < -0.3 is 4.74 Å². The van der Waals surface area contributed by atoms with Gasteiger partial charge in [-0.05, 0) is 51.3 Å². The molecule has 3 heteroatoms. The lowest BCUT2D eigenvalue weighted by atomic mass is 9.92. The molecular formula is C19H27NO2. The predicted octanol–water partition coefficient (Wildman–Crippen LogP) is 3.70. The van der Waals surface area contributed by atoms with Gasteiger partial charge in [0.1, 0.15) is 12.4 Å². The molecule has 1 aromatic carbocycles. The third-order valence-corrected chi connectivity index (χ3v) is 4.76. The first-order valence-electron chi connectivity index (χ1n) is 8.77. The second kappa shape index (κ2) is 6.82. The summed E-state index contributed by atoms with van der Waals surface area (Å²) in [5, 5.41) is 0. The molecule has 0 saturated heterocycles. The average Bonchev–Trinajstić information content (AvgIpc) is 3.38. The van der Waals surface area contributed by atoms with Gasteiger partial charge in [-0.1, -0.05) is 26.0 Å². The maximum absolute atomic E-state index is 12.5. The van der Waals surface area contributed by atoms with Crippen molar-refractivity contribution < 1.29 is 9.53 Å². The van der Waals surface area contributed by atoms with Crippen molar-refractivity contribution in [3.05, 3.63) is 29.3 Å². The van der Waals surface area contributed by atoms with Crippen LogP contribution in [0, 0.1) is 5.92 Å². The number of rotatable bonds is 7. The molecule has 0 spiro atoms. The molecule has 120 valence electrons. The SMILES string of the molecule is CCCN(CCC)C1COc2cccc(C(=O)C3CC3)c2C1. The van der Waals surface area contributed by atoms with Gasteiger partial charge in [0.05, 0.1) is 0 Å². The molecule has 0 bridgehead atoms. The first-order valence-corrected chi connectivity index (χ1v) is 8.77. The monoisotopic (exact) mass is 301 g/mol. The Balaban J connectivity index is 1.82. The average molecular weight is 301 g/mol. The van der Waals surface area contributed by atoms with E-state index >= 15 is 0 Å². The molecule has 3 nitrogen and oxygen atoms in total. The quantitative estimate of drug-likeness (QED) is 0.719. The molecule has 1 aliphatic heterocycles. The van der Waals surface area contributed by atoms with E-state index in [1.165, 1.54) is 0 Å².